The predicted molar refractivity (Wildman–Crippen MR) is 66.8 cm³/mol. The molecule has 0 saturated carbocycles. The number of ether oxygens (including phenoxy) is 2. The van der Waals surface area contributed by atoms with E-state index in [0.29, 0.717) is 5.75 Å². The monoisotopic (exact) mass is 260 g/mol. The van der Waals surface area contributed by atoms with Gasteiger partial charge in [-0.15, -0.1) is 0 Å². The van der Waals surface area contributed by atoms with Gasteiger partial charge in [-0.1, -0.05) is 0 Å². The average Bonchev–Trinajstić information content (AvgIpc) is 2.38. The first-order chi connectivity index (χ1) is 9.10. The summed E-state index contributed by atoms with van der Waals surface area (Å²) in [6.07, 6.45) is 1.35. The van der Waals surface area contributed by atoms with Crippen LogP contribution in [0.1, 0.15) is 16.1 Å². The van der Waals surface area contributed by atoms with Crippen LogP contribution in [-0.4, -0.2) is 28.2 Å². The van der Waals surface area contributed by atoms with Gasteiger partial charge in [0.15, 0.2) is 0 Å². The van der Waals surface area contributed by atoms with Gasteiger partial charge < -0.3 is 14.6 Å². The highest BCUT2D eigenvalue weighted by atomic mass is 16.5. The zero-order chi connectivity index (χ0) is 13.8. The first-order valence-electron chi connectivity index (χ1n) is 5.48. The standard InChI is InChI=1S/C13H12N2O4/c1-8-5-12(15-7-14-8)19-11-6-9(18-2)3-4-10(11)13(16)17/h3-7H,1-2H3,(H,16,17). The van der Waals surface area contributed by atoms with E-state index in [1.54, 1.807) is 19.1 Å². The third-order valence-electron chi connectivity index (χ3n) is 2.41. The van der Waals surface area contributed by atoms with Gasteiger partial charge in [0.2, 0.25) is 5.88 Å². The Kier molecular flexibility index (Phi) is 3.61. The van der Waals surface area contributed by atoms with Crippen LogP contribution in [0.2, 0.25) is 0 Å². The number of methoxy groups -OCH3 is 1. The predicted octanol–water partition coefficient (Wildman–Crippen LogP) is 2.28. The van der Waals surface area contributed by atoms with Gasteiger partial charge in [-0.05, 0) is 19.1 Å². The molecule has 0 fully saturated rings. The molecule has 1 N–H and O–H groups in total. The van der Waals surface area contributed by atoms with Crippen LogP contribution in [-0.2, 0) is 0 Å². The number of aryl methyl sites for hydroxylation is 1. The lowest BCUT2D eigenvalue weighted by Gasteiger charge is -2.09. The lowest BCUT2D eigenvalue weighted by Crippen LogP contribution is -2.01. The van der Waals surface area contributed by atoms with Gasteiger partial charge in [0.25, 0.3) is 0 Å². The molecular formula is C13H12N2O4. The quantitative estimate of drug-likeness (QED) is 0.908. The molecule has 2 rings (SSSR count). The smallest absolute Gasteiger partial charge is 0.339 e. The molecular weight excluding hydrogens is 248 g/mol. The van der Waals surface area contributed by atoms with Gasteiger partial charge in [0.05, 0.1) is 7.11 Å². The minimum Gasteiger partial charge on any atom is -0.497 e. The van der Waals surface area contributed by atoms with Gasteiger partial charge >= 0.3 is 5.97 Å². The fraction of sp³-hybridized carbons (Fsp3) is 0.154. The molecule has 0 spiro atoms. The highest BCUT2D eigenvalue weighted by molar-refractivity contribution is 5.91. The summed E-state index contributed by atoms with van der Waals surface area (Å²) in [5, 5.41) is 9.11. The molecule has 1 aromatic heterocycles. The molecule has 2 aromatic rings. The fourth-order valence-electron chi connectivity index (χ4n) is 1.49. The first kappa shape index (κ1) is 12.8. The Bertz CT molecular complexity index is 613. The van der Waals surface area contributed by atoms with E-state index in [0.717, 1.165) is 5.69 Å². The second-order valence-corrected chi connectivity index (χ2v) is 3.77. The summed E-state index contributed by atoms with van der Waals surface area (Å²) in [5.41, 5.74) is 0.766. The first-order valence-corrected chi connectivity index (χ1v) is 5.48. The number of rotatable bonds is 4. The maximum absolute atomic E-state index is 11.1. The molecule has 0 unspecified atom stereocenters. The molecule has 0 amide bonds. The van der Waals surface area contributed by atoms with Crippen molar-refractivity contribution in [1.82, 2.24) is 9.97 Å². The lowest BCUT2D eigenvalue weighted by atomic mass is 10.2. The van der Waals surface area contributed by atoms with E-state index in [1.165, 1.54) is 25.6 Å². The third kappa shape index (κ3) is 2.98. The van der Waals surface area contributed by atoms with E-state index in [4.69, 9.17) is 14.6 Å². The van der Waals surface area contributed by atoms with Crippen molar-refractivity contribution in [3.05, 3.63) is 41.9 Å². The Morgan fingerprint density at radius 2 is 2.05 bits per heavy atom. The molecule has 1 heterocycles. The second kappa shape index (κ2) is 5.34. The second-order valence-electron chi connectivity index (χ2n) is 3.77. The number of carboxylic acid groups (broad SMARTS) is 1. The summed E-state index contributed by atoms with van der Waals surface area (Å²) >= 11 is 0. The molecule has 19 heavy (non-hydrogen) atoms. The molecule has 6 nitrogen and oxygen atoms in total. The molecule has 0 atom stereocenters. The van der Waals surface area contributed by atoms with Crippen LogP contribution in [0.4, 0.5) is 0 Å². The van der Waals surface area contributed by atoms with Crippen molar-refractivity contribution in [2.75, 3.05) is 7.11 Å². The van der Waals surface area contributed by atoms with E-state index in [-0.39, 0.29) is 17.2 Å². The minimum atomic E-state index is -1.08. The molecule has 1 aromatic carbocycles. The van der Waals surface area contributed by atoms with Gasteiger partial charge in [0.1, 0.15) is 23.4 Å². The van der Waals surface area contributed by atoms with Crippen LogP contribution in [0, 0.1) is 6.92 Å². The zero-order valence-corrected chi connectivity index (χ0v) is 10.5. The minimum absolute atomic E-state index is 0.0389. The Morgan fingerprint density at radius 3 is 2.68 bits per heavy atom. The van der Waals surface area contributed by atoms with Crippen molar-refractivity contribution < 1.29 is 19.4 Å². The Hall–Kier alpha value is -2.63. The number of carbonyl (C=O) groups is 1. The molecule has 0 saturated heterocycles. The van der Waals surface area contributed by atoms with Crippen molar-refractivity contribution in [2.24, 2.45) is 0 Å². The summed E-state index contributed by atoms with van der Waals surface area (Å²) in [7, 11) is 1.49. The van der Waals surface area contributed by atoms with Crippen molar-refractivity contribution in [2.45, 2.75) is 6.92 Å². The number of aromatic nitrogens is 2. The maximum Gasteiger partial charge on any atom is 0.339 e. The molecule has 0 aliphatic carbocycles. The van der Waals surface area contributed by atoms with Crippen molar-refractivity contribution in [3.8, 4) is 17.4 Å². The van der Waals surface area contributed by atoms with Crippen LogP contribution in [0.5, 0.6) is 17.4 Å². The SMILES string of the molecule is COc1ccc(C(=O)O)c(Oc2cc(C)ncn2)c1. The summed E-state index contributed by atoms with van der Waals surface area (Å²) < 4.78 is 10.5. The maximum atomic E-state index is 11.1. The van der Waals surface area contributed by atoms with Gasteiger partial charge in [0, 0.05) is 17.8 Å². The highest BCUT2D eigenvalue weighted by Gasteiger charge is 2.14. The molecule has 6 heteroatoms. The number of hydrogen-bond donors (Lipinski definition) is 1. The van der Waals surface area contributed by atoms with E-state index in [9.17, 15) is 4.79 Å². The van der Waals surface area contributed by atoms with Gasteiger partial charge in [-0.3, -0.25) is 0 Å². The summed E-state index contributed by atoms with van der Waals surface area (Å²) in [4.78, 5) is 19.0. The number of hydrogen-bond acceptors (Lipinski definition) is 5. The van der Waals surface area contributed by atoms with Crippen molar-refractivity contribution in [1.29, 1.82) is 0 Å². The van der Waals surface area contributed by atoms with Crippen LogP contribution < -0.4 is 9.47 Å². The normalized spacial score (nSPS) is 10.0. The highest BCUT2D eigenvalue weighted by Crippen LogP contribution is 2.28. The molecule has 0 bridgehead atoms. The van der Waals surface area contributed by atoms with Crippen LogP contribution >= 0.6 is 0 Å². The zero-order valence-electron chi connectivity index (χ0n) is 10.5. The van der Waals surface area contributed by atoms with Crippen LogP contribution in [0.15, 0.2) is 30.6 Å². The van der Waals surface area contributed by atoms with Crippen molar-refractivity contribution in [3.63, 3.8) is 0 Å². The Labute approximate surface area is 109 Å². The number of carboxylic acids is 1. The van der Waals surface area contributed by atoms with E-state index in [2.05, 4.69) is 9.97 Å². The number of benzene rings is 1. The summed E-state index contributed by atoms with van der Waals surface area (Å²) in [5.74, 6) is -0.123. The molecule has 0 aliphatic rings. The molecule has 98 valence electrons. The number of aromatic carboxylic acids is 1. The Balaban J connectivity index is 2.39. The topological polar surface area (TPSA) is 81.5 Å². The fourth-order valence-corrected chi connectivity index (χ4v) is 1.49. The molecule has 0 radical (unpaired) electrons. The van der Waals surface area contributed by atoms with Crippen molar-refractivity contribution >= 4 is 5.97 Å². The Morgan fingerprint density at radius 1 is 1.26 bits per heavy atom. The van der Waals surface area contributed by atoms with Gasteiger partial charge in [-0.2, -0.15) is 0 Å². The lowest BCUT2D eigenvalue weighted by molar-refractivity contribution is 0.0694. The molecule has 0 aliphatic heterocycles. The largest absolute Gasteiger partial charge is 0.497 e. The van der Waals surface area contributed by atoms with E-state index < -0.39 is 5.97 Å². The summed E-state index contributed by atoms with van der Waals surface area (Å²) in [6, 6.07) is 6.10. The van der Waals surface area contributed by atoms with E-state index in [1.807, 2.05) is 0 Å². The van der Waals surface area contributed by atoms with Gasteiger partial charge in [-0.25, -0.2) is 14.8 Å². The number of nitrogens with zero attached hydrogens (tertiary/aromatic N) is 2. The van der Waals surface area contributed by atoms with Crippen LogP contribution in [0.3, 0.4) is 0 Å². The van der Waals surface area contributed by atoms with E-state index >= 15 is 0 Å². The summed E-state index contributed by atoms with van der Waals surface area (Å²) in [6.45, 7) is 1.79. The third-order valence-corrected chi connectivity index (χ3v) is 2.41. The van der Waals surface area contributed by atoms with Crippen LogP contribution in [0.25, 0.3) is 0 Å². The average molecular weight is 260 g/mol.